The Morgan fingerprint density at radius 1 is 1.56 bits per heavy atom. The van der Waals surface area contributed by atoms with Gasteiger partial charge in [0.05, 0.1) is 19.2 Å². The Labute approximate surface area is 116 Å². The zero-order valence-corrected chi connectivity index (χ0v) is 11.9. The van der Waals surface area contributed by atoms with Gasteiger partial charge < -0.3 is 9.84 Å². The van der Waals surface area contributed by atoms with Gasteiger partial charge in [0.25, 0.3) is 0 Å². The number of carboxylic acid groups (broad SMARTS) is 1. The highest BCUT2D eigenvalue weighted by Gasteiger charge is 2.12. The standard InChI is InChI=1S/C12H10BrNO3S/c1-17-10-3-2-7(13)4-8(10)9-6-18-11(14-9)5-12(15)16/h2-4,6H,5H2,1H3,(H,15,16). The number of hydrogen-bond acceptors (Lipinski definition) is 4. The molecule has 0 aliphatic heterocycles. The summed E-state index contributed by atoms with van der Waals surface area (Å²) < 4.78 is 6.19. The highest BCUT2D eigenvalue weighted by molar-refractivity contribution is 9.10. The van der Waals surface area contributed by atoms with E-state index in [-0.39, 0.29) is 6.42 Å². The van der Waals surface area contributed by atoms with Crippen LogP contribution in [0.2, 0.25) is 0 Å². The van der Waals surface area contributed by atoms with Crippen LogP contribution >= 0.6 is 27.3 Å². The summed E-state index contributed by atoms with van der Waals surface area (Å²) >= 11 is 4.73. The van der Waals surface area contributed by atoms with E-state index in [1.807, 2.05) is 23.6 Å². The van der Waals surface area contributed by atoms with Crippen LogP contribution in [0.5, 0.6) is 5.75 Å². The molecule has 1 heterocycles. The first-order chi connectivity index (χ1) is 8.60. The predicted octanol–water partition coefficient (Wildman–Crippen LogP) is 3.21. The van der Waals surface area contributed by atoms with Crippen molar-refractivity contribution in [2.24, 2.45) is 0 Å². The molecule has 0 aliphatic rings. The van der Waals surface area contributed by atoms with Crippen LogP contribution in [0, 0.1) is 0 Å². The summed E-state index contributed by atoms with van der Waals surface area (Å²) in [5.74, 6) is -0.164. The molecule has 0 spiro atoms. The van der Waals surface area contributed by atoms with Gasteiger partial charge in [-0.05, 0) is 18.2 Å². The van der Waals surface area contributed by atoms with Crippen molar-refractivity contribution in [3.63, 3.8) is 0 Å². The average molecular weight is 328 g/mol. The maximum atomic E-state index is 10.6. The van der Waals surface area contributed by atoms with E-state index < -0.39 is 5.97 Å². The summed E-state index contributed by atoms with van der Waals surface area (Å²) in [7, 11) is 1.59. The van der Waals surface area contributed by atoms with Crippen molar-refractivity contribution in [1.82, 2.24) is 4.98 Å². The Morgan fingerprint density at radius 3 is 3.00 bits per heavy atom. The fraction of sp³-hybridized carbons (Fsp3) is 0.167. The molecule has 0 radical (unpaired) electrons. The molecule has 2 rings (SSSR count). The first-order valence-corrected chi connectivity index (χ1v) is 6.77. The fourth-order valence-electron chi connectivity index (χ4n) is 1.53. The van der Waals surface area contributed by atoms with Crippen molar-refractivity contribution in [3.05, 3.63) is 33.1 Å². The van der Waals surface area contributed by atoms with Crippen LogP contribution in [0.3, 0.4) is 0 Å². The lowest BCUT2D eigenvalue weighted by Crippen LogP contribution is -1.99. The molecule has 0 amide bonds. The second-order valence-corrected chi connectivity index (χ2v) is 5.40. The van der Waals surface area contributed by atoms with Crippen molar-refractivity contribution >= 4 is 33.2 Å². The smallest absolute Gasteiger partial charge is 0.310 e. The van der Waals surface area contributed by atoms with Crippen LogP contribution in [0.15, 0.2) is 28.1 Å². The number of methoxy groups -OCH3 is 1. The Bertz CT molecular complexity index is 582. The maximum absolute atomic E-state index is 10.6. The number of carbonyl (C=O) groups is 1. The molecule has 1 aromatic heterocycles. The van der Waals surface area contributed by atoms with Crippen LogP contribution < -0.4 is 4.74 Å². The summed E-state index contributed by atoms with van der Waals surface area (Å²) in [4.78, 5) is 14.9. The third-order valence-corrected chi connectivity index (χ3v) is 3.63. The lowest BCUT2D eigenvalue weighted by Gasteiger charge is -2.06. The molecule has 18 heavy (non-hydrogen) atoms. The van der Waals surface area contributed by atoms with E-state index >= 15 is 0 Å². The maximum Gasteiger partial charge on any atom is 0.310 e. The van der Waals surface area contributed by atoms with Crippen LogP contribution in [-0.4, -0.2) is 23.2 Å². The van der Waals surface area contributed by atoms with Crippen molar-refractivity contribution in [1.29, 1.82) is 0 Å². The van der Waals surface area contributed by atoms with Crippen LogP contribution in [0.1, 0.15) is 5.01 Å². The molecule has 94 valence electrons. The molecular weight excluding hydrogens is 318 g/mol. The minimum Gasteiger partial charge on any atom is -0.496 e. The summed E-state index contributed by atoms with van der Waals surface area (Å²) in [5.41, 5.74) is 1.58. The van der Waals surface area contributed by atoms with E-state index in [2.05, 4.69) is 20.9 Å². The van der Waals surface area contributed by atoms with Gasteiger partial charge in [-0.1, -0.05) is 15.9 Å². The second kappa shape index (κ2) is 5.49. The third kappa shape index (κ3) is 2.88. The van der Waals surface area contributed by atoms with E-state index in [9.17, 15) is 4.79 Å². The summed E-state index contributed by atoms with van der Waals surface area (Å²) in [5, 5.41) is 11.1. The van der Waals surface area contributed by atoms with Crippen LogP contribution in [-0.2, 0) is 11.2 Å². The number of carboxylic acids is 1. The Morgan fingerprint density at radius 2 is 2.33 bits per heavy atom. The normalized spacial score (nSPS) is 10.3. The number of aromatic nitrogens is 1. The molecule has 0 atom stereocenters. The van der Waals surface area contributed by atoms with Gasteiger partial charge in [-0.15, -0.1) is 11.3 Å². The zero-order valence-electron chi connectivity index (χ0n) is 9.51. The van der Waals surface area contributed by atoms with E-state index in [1.54, 1.807) is 7.11 Å². The predicted molar refractivity (Wildman–Crippen MR) is 73.1 cm³/mol. The minimum atomic E-state index is -0.878. The first kappa shape index (κ1) is 13.0. The first-order valence-electron chi connectivity index (χ1n) is 5.10. The molecule has 1 aromatic carbocycles. The van der Waals surface area contributed by atoms with Crippen LogP contribution in [0.25, 0.3) is 11.3 Å². The van der Waals surface area contributed by atoms with Gasteiger partial charge in [-0.3, -0.25) is 4.79 Å². The minimum absolute atomic E-state index is 0.0546. The summed E-state index contributed by atoms with van der Waals surface area (Å²) in [6.45, 7) is 0. The van der Waals surface area contributed by atoms with Crippen molar-refractivity contribution in [3.8, 4) is 17.0 Å². The molecule has 0 fully saturated rings. The van der Waals surface area contributed by atoms with Crippen molar-refractivity contribution in [2.45, 2.75) is 6.42 Å². The molecule has 0 saturated heterocycles. The van der Waals surface area contributed by atoms with Gasteiger partial charge in [-0.2, -0.15) is 0 Å². The second-order valence-electron chi connectivity index (χ2n) is 3.54. The van der Waals surface area contributed by atoms with Gasteiger partial charge in [0, 0.05) is 15.4 Å². The lowest BCUT2D eigenvalue weighted by molar-refractivity contribution is -0.136. The summed E-state index contributed by atoms with van der Waals surface area (Å²) in [6, 6.07) is 5.63. The number of hydrogen-bond donors (Lipinski definition) is 1. The molecule has 6 heteroatoms. The van der Waals surface area contributed by atoms with Crippen LogP contribution in [0.4, 0.5) is 0 Å². The quantitative estimate of drug-likeness (QED) is 0.936. The number of aliphatic carboxylic acids is 1. The van der Waals surface area contributed by atoms with E-state index in [1.165, 1.54) is 11.3 Å². The largest absolute Gasteiger partial charge is 0.496 e. The zero-order chi connectivity index (χ0) is 13.1. The van der Waals surface area contributed by atoms with Crippen molar-refractivity contribution in [2.75, 3.05) is 7.11 Å². The van der Waals surface area contributed by atoms with E-state index in [4.69, 9.17) is 9.84 Å². The topological polar surface area (TPSA) is 59.4 Å². The number of halogens is 1. The fourth-order valence-corrected chi connectivity index (χ4v) is 2.67. The molecule has 1 N–H and O–H groups in total. The Balaban J connectivity index is 2.38. The average Bonchev–Trinajstić information content (AvgIpc) is 2.76. The van der Waals surface area contributed by atoms with E-state index in [0.29, 0.717) is 10.8 Å². The molecule has 2 aromatic rings. The van der Waals surface area contributed by atoms with Gasteiger partial charge in [0.2, 0.25) is 0 Å². The Kier molecular flexibility index (Phi) is 3.98. The molecule has 0 unspecified atom stereocenters. The van der Waals surface area contributed by atoms with Gasteiger partial charge in [0.1, 0.15) is 10.8 Å². The van der Waals surface area contributed by atoms with Gasteiger partial charge in [0.15, 0.2) is 0 Å². The third-order valence-electron chi connectivity index (χ3n) is 2.29. The SMILES string of the molecule is COc1ccc(Br)cc1-c1csc(CC(=O)O)n1. The number of thiazole rings is 1. The molecular formula is C12H10BrNO3S. The lowest BCUT2D eigenvalue weighted by atomic mass is 10.1. The monoisotopic (exact) mass is 327 g/mol. The van der Waals surface area contributed by atoms with Gasteiger partial charge in [-0.25, -0.2) is 4.98 Å². The molecule has 0 aliphatic carbocycles. The number of nitrogens with zero attached hydrogens (tertiary/aromatic N) is 1. The highest BCUT2D eigenvalue weighted by Crippen LogP contribution is 2.33. The molecule has 4 nitrogen and oxygen atoms in total. The number of rotatable bonds is 4. The van der Waals surface area contributed by atoms with Gasteiger partial charge >= 0.3 is 5.97 Å². The summed E-state index contributed by atoms with van der Waals surface area (Å²) in [6.07, 6.45) is -0.0546. The number of benzene rings is 1. The molecule has 0 saturated carbocycles. The molecule has 0 bridgehead atoms. The highest BCUT2D eigenvalue weighted by atomic mass is 79.9. The number of ether oxygens (including phenoxy) is 1. The van der Waals surface area contributed by atoms with E-state index in [0.717, 1.165) is 15.7 Å². The Hall–Kier alpha value is -1.40. The van der Waals surface area contributed by atoms with Crippen molar-refractivity contribution < 1.29 is 14.6 Å².